The molecule has 2 atom stereocenters. The van der Waals surface area contributed by atoms with Crippen LogP contribution in [0.1, 0.15) is 55.4 Å². The summed E-state index contributed by atoms with van der Waals surface area (Å²) in [6.07, 6.45) is 0. The summed E-state index contributed by atoms with van der Waals surface area (Å²) in [7, 11) is 0. The third kappa shape index (κ3) is 3.20. The number of likely N-dealkylation sites (tertiary alicyclic amines) is 2. The van der Waals surface area contributed by atoms with Crippen molar-refractivity contribution in [2.45, 2.75) is 55.4 Å². The SMILES string of the molecule is CC(C)(C)CNC(=O)CN1C[C@@H]2CN(C(=O)C3(C)C(C)(C)C3(C)C)C[C@@H]2C1. The second kappa shape index (κ2) is 6.20. The first-order valence-electron chi connectivity index (χ1n) is 10.5. The van der Waals surface area contributed by atoms with E-state index in [1.54, 1.807) is 0 Å². The molecule has 0 unspecified atom stereocenters. The Morgan fingerprint density at radius 3 is 1.81 bits per heavy atom. The zero-order chi connectivity index (χ0) is 20.4. The average Bonchev–Trinajstić information content (AvgIpc) is 2.94. The van der Waals surface area contributed by atoms with Gasteiger partial charge in [-0.15, -0.1) is 0 Å². The van der Waals surface area contributed by atoms with Crippen molar-refractivity contribution >= 4 is 11.8 Å². The average molecular weight is 378 g/mol. The molecule has 2 saturated heterocycles. The van der Waals surface area contributed by atoms with E-state index in [0.717, 1.165) is 26.2 Å². The molecule has 5 heteroatoms. The summed E-state index contributed by atoms with van der Waals surface area (Å²) in [5.74, 6) is 1.48. The van der Waals surface area contributed by atoms with Gasteiger partial charge in [0, 0.05) is 32.7 Å². The molecule has 1 aliphatic carbocycles. The van der Waals surface area contributed by atoms with Gasteiger partial charge in [-0.1, -0.05) is 48.5 Å². The number of hydrogen-bond donors (Lipinski definition) is 1. The Morgan fingerprint density at radius 2 is 1.41 bits per heavy atom. The van der Waals surface area contributed by atoms with Gasteiger partial charge in [-0.25, -0.2) is 0 Å². The molecule has 0 aromatic heterocycles. The van der Waals surface area contributed by atoms with Gasteiger partial charge in [0.15, 0.2) is 0 Å². The van der Waals surface area contributed by atoms with Crippen LogP contribution in [-0.4, -0.2) is 60.9 Å². The number of rotatable bonds is 4. The van der Waals surface area contributed by atoms with Crippen LogP contribution in [0.15, 0.2) is 0 Å². The van der Waals surface area contributed by atoms with E-state index in [1.807, 2.05) is 0 Å². The number of fused-ring (bicyclic) bond motifs is 1. The Labute approximate surface area is 165 Å². The van der Waals surface area contributed by atoms with Crippen LogP contribution in [0.4, 0.5) is 0 Å². The molecule has 0 radical (unpaired) electrons. The largest absolute Gasteiger partial charge is 0.354 e. The van der Waals surface area contributed by atoms with Crippen molar-refractivity contribution in [3.63, 3.8) is 0 Å². The normalized spacial score (nSPS) is 30.9. The Bertz CT molecular complexity index is 604. The molecule has 1 saturated carbocycles. The van der Waals surface area contributed by atoms with E-state index < -0.39 is 0 Å². The van der Waals surface area contributed by atoms with Crippen molar-refractivity contribution in [2.75, 3.05) is 39.3 Å². The molecule has 27 heavy (non-hydrogen) atoms. The highest BCUT2D eigenvalue weighted by Crippen LogP contribution is 2.78. The molecule has 0 spiro atoms. The number of hydrogen-bond acceptors (Lipinski definition) is 3. The van der Waals surface area contributed by atoms with Crippen molar-refractivity contribution < 1.29 is 9.59 Å². The highest BCUT2D eigenvalue weighted by molar-refractivity contribution is 5.88. The Morgan fingerprint density at radius 1 is 0.926 bits per heavy atom. The Hall–Kier alpha value is -1.10. The molecule has 0 bridgehead atoms. The minimum Gasteiger partial charge on any atom is -0.354 e. The maximum atomic E-state index is 13.3. The van der Waals surface area contributed by atoms with Crippen LogP contribution in [0, 0.1) is 33.5 Å². The van der Waals surface area contributed by atoms with E-state index in [0.29, 0.717) is 30.8 Å². The van der Waals surface area contributed by atoms with Gasteiger partial charge >= 0.3 is 0 Å². The highest BCUT2D eigenvalue weighted by atomic mass is 16.2. The lowest BCUT2D eigenvalue weighted by molar-refractivity contribution is -0.138. The number of amides is 2. The smallest absolute Gasteiger partial charge is 0.234 e. The van der Waals surface area contributed by atoms with Gasteiger partial charge < -0.3 is 10.2 Å². The first-order valence-corrected chi connectivity index (χ1v) is 10.5. The van der Waals surface area contributed by atoms with Crippen molar-refractivity contribution in [1.82, 2.24) is 15.1 Å². The Balaban J connectivity index is 1.51. The molecule has 0 aromatic rings. The minimum absolute atomic E-state index is 0.0476. The standard InChI is InChI=1S/C22H39N3O2/c1-19(2,3)14-23-17(26)13-24-9-15-11-25(12-16(15)10-24)18(27)22(8)20(4,5)21(22,6)7/h15-16H,9-14H2,1-8H3,(H,23,26)/t15-,16+. The molecule has 0 aromatic carbocycles. The van der Waals surface area contributed by atoms with E-state index in [2.05, 4.69) is 70.5 Å². The molecular weight excluding hydrogens is 338 g/mol. The van der Waals surface area contributed by atoms with E-state index in [9.17, 15) is 9.59 Å². The predicted octanol–water partition coefficient (Wildman–Crippen LogP) is 2.61. The number of carbonyl (C=O) groups is 2. The fourth-order valence-corrected chi connectivity index (χ4v) is 5.45. The summed E-state index contributed by atoms with van der Waals surface area (Å²) in [4.78, 5) is 29.9. The lowest BCUT2D eigenvalue weighted by Crippen LogP contribution is -2.42. The van der Waals surface area contributed by atoms with Crippen LogP contribution in [0.25, 0.3) is 0 Å². The van der Waals surface area contributed by atoms with Gasteiger partial charge in [0.25, 0.3) is 0 Å². The van der Waals surface area contributed by atoms with E-state index in [1.165, 1.54) is 0 Å². The maximum absolute atomic E-state index is 13.3. The first-order chi connectivity index (χ1) is 12.2. The predicted molar refractivity (Wildman–Crippen MR) is 108 cm³/mol. The van der Waals surface area contributed by atoms with E-state index >= 15 is 0 Å². The second-order valence-electron chi connectivity index (χ2n) is 11.6. The number of nitrogens with one attached hydrogen (secondary N) is 1. The van der Waals surface area contributed by atoms with Crippen molar-refractivity contribution in [2.24, 2.45) is 33.5 Å². The third-order valence-corrected chi connectivity index (χ3v) is 8.46. The van der Waals surface area contributed by atoms with Gasteiger partial charge in [0.2, 0.25) is 11.8 Å². The molecule has 3 aliphatic rings. The molecule has 5 nitrogen and oxygen atoms in total. The lowest BCUT2D eigenvalue weighted by atomic mass is 9.95. The molecule has 2 amide bonds. The monoisotopic (exact) mass is 377 g/mol. The van der Waals surface area contributed by atoms with Crippen molar-refractivity contribution in [3.05, 3.63) is 0 Å². The summed E-state index contributed by atoms with van der Waals surface area (Å²) in [6.45, 7) is 22.2. The van der Waals surface area contributed by atoms with Crippen LogP contribution in [0.2, 0.25) is 0 Å². The minimum atomic E-state index is -0.259. The molecule has 1 N–H and O–H groups in total. The molecule has 154 valence electrons. The van der Waals surface area contributed by atoms with Crippen LogP contribution in [0.5, 0.6) is 0 Å². The zero-order valence-corrected chi connectivity index (χ0v) is 18.6. The number of nitrogens with zero attached hydrogens (tertiary/aromatic N) is 2. The maximum Gasteiger partial charge on any atom is 0.234 e. The topological polar surface area (TPSA) is 52.7 Å². The highest BCUT2D eigenvalue weighted by Gasteiger charge is 2.78. The van der Waals surface area contributed by atoms with E-state index in [4.69, 9.17) is 0 Å². The van der Waals surface area contributed by atoms with Gasteiger partial charge in [0.05, 0.1) is 12.0 Å². The number of carbonyl (C=O) groups excluding carboxylic acids is 2. The van der Waals surface area contributed by atoms with Crippen LogP contribution in [-0.2, 0) is 9.59 Å². The van der Waals surface area contributed by atoms with Crippen LogP contribution >= 0.6 is 0 Å². The quantitative estimate of drug-likeness (QED) is 0.819. The van der Waals surface area contributed by atoms with Gasteiger partial charge in [0.1, 0.15) is 0 Å². The Kier molecular flexibility index (Phi) is 4.74. The molecule has 3 rings (SSSR count). The first kappa shape index (κ1) is 20.6. The van der Waals surface area contributed by atoms with E-state index in [-0.39, 0.29) is 27.6 Å². The fourth-order valence-electron chi connectivity index (χ4n) is 5.45. The van der Waals surface area contributed by atoms with Crippen molar-refractivity contribution in [1.29, 1.82) is 0 Å². The fraction of sp³-hybridized carbons (Fsp3) is 0.909. The van der Waals surface area contributed by atoms with Crippen molar-refractivity contribution in [3.8, 4) is 0 Å². The summed E-state index contributed by atoms with van der Waals surface area (Å²) in [5, 5.41) is 3.04. The summed E-state index contributed by atoms with van der Waals surface area (Å²) in [5.41, 5.74) is -0.0540. The third-order valence-electron chi connectivity index (χ3n) is 8.46. The van der Waals surface area contributed by atoms with Gasteiger partial charge in [-0.2, -0.15) is 0 Å². The molecular formula is C22H39N3O2. The molecule has 2 heterocycles. The summed E-state index contributed by atoms with van der Waals surface area (Å²) < 4.78 is 0. The van der Waals surface area contributed by atoms with Crippen LogP contribution in [0.3, 0.4) is 0 Å². The molecule has 2 aliphatic heterocycles. The van der Waals surface area contributed by atoms with Crippen LogP contribution < -0.4 is 5.32 Å². The lowest BCUT2D eigenvalue weighted by Gasteiger charge is -2.26. The second-order valence-corrected chi connectivity index (χ2v) is 11.6. The molecule has 3 fully saturated rings. The summed E-state index contributed by atoms with van der Waals surface area (Å²) in [6, 6.07) is 0. The summed E-state index contributed by atoms with van der Waals surface area (Å²) >= 11 is 0. The zero-order valence-electron chi connectivity index (χ0n) is 18.6. The van der Waals surface area contributed by atoms with Gasteiger partial charge in [-0.05, 0) is 35.0 Å². The van der Waals surface area contributed by atoms with Gasteiger partial charge in [-0.3, -0.25) is 14.5 Å².